The van der Waals surface area contributed by atoms with E-state index in [9.17, 15) is 4.79 Å². The summed E-state index contributed by atoms with van der Waals surface area (Å²) < 4.78 is 0. The van der Waals surface area contributed by atoms with Crippen molar-refractivity contribution in [2.24, 2.45) is 0 Å². The molecule has 0 saturated heterocycles. The number of nitrogens with one attached hydrogen (secondary N) is 1. The first-order valence-corrected chi connectivity index (χ1v) is 7.65. The Labute approximate surface area is 127 Å². The highest BCUT2D eigenvalue weighted by atomic mass is 16.1. The second-order valence-corrected chi connectivity index (χ2v) is 5.35. The zero-order valence-electron chi connectivity index (χ0n) is 12.6. The molecule has 110 valence electrons. The molecule has 0 aliphatic carbocycles. The van der Waals surface area contributed by atoms with Crippen LogP contribution < -0.4 is 5.32 Å². The molecule has 1 atom stereocenters. The van der Waals surface area contributed by atoms with Gasteiger partial charge in [0.1, 0.15) is 0 Å². The van der Waals surface area contributed by atoms with Crippen LogP contribution in [-0.2, 0) is 11.2 Å². The first-order valence-electron chi connectivity index (χ1n) is 7.65. The number of carbonyl (C=O) groups is 1. The minimum atomic E-state index is 0.145. The van der Waals surface area contributed by atoms with E-state index in [1.165, 1.54) is 11.1 Å². The number of amides is 1. The Morgan fingerprint density at radius 3 is 2.24 bits per heavy atom. The summed E-state index contributed by atoms with van der Waals surface area (Å²) in [7, 11) is 0. The third-order valence-corrected chi connectivity index (χ3v) is 3.62. The number of hydrogen-bond acceptors (Lipinski definition) is 1. The fraction of sp³-hybridized carbons (Fsp3) is 0.316. The molecule has 0 fully saturated rings. The third kappa shape index (κ3) is 5.07. The molecule has 0 radical (unpaired) electrons. The second kappa shape index (κ2) is 8.25. The van der Waals surface area contributed by atoms with Crippen LogP contribution in [0.15, 0.2) is 60.7 Å². The normalized spacial score (nSPS) is 11.9. The smallest absolute Gasteiger partial charge is 0.220 e. The molecule has 0 spiro atoms. The molecule has 0 aromatic heterocycles. The molecule has 1 N–H and O–H groups in total. The van der Waals surface area contributed by atoms with Crippen molar-refractivity contribution >= 4 is 5.91 Å². The maximum Gasteiger partial charge on any atom is 0.220 e. The Balaban J connectivity index is 2.06. The summed E-state index contributed by atoms with van der Waals surface area (Å²) in [6.07, 6.45) is 2.44. The molecule has 2 aromatic rings. The van der Waals surface area contributed by atoms with E-state index in [0.717, 1.165) is 12.8 Å². The van der Waals surface area contributed by atoms with E-state index >= 15 is 0 Å². The summed E-state index contributed by atoms with van der Waals surface area (Å²) >= 11 is 0. The van der Waals surface area contributed by atoms with Crippen molar-refractivity contribution < 1.29 is 4.79 Å². The Morgan fingerprint density at radius 1 is 1.00 bits per heavy atom. The van der Waals surface area contributed by atoms with E-state index in [0.29, 0.717) is 18.9 Å². The van der Waals surface area contributed by atoms with E-state index in [-0.39, 0.29) is 5.91 Å². The van der Waals surface area contributed by atoms with Crippen molar-refractivity contribution in [2.45, 2.75) is 32.1 Å². The maximum atomic E-state index is 11.7. The van der Waals surface area contributed by atoms with Gasteiger partial charge in [-0.1, -0.05) is 67.6 Å². The molecule has 2 rings (SSSR count). The predicted octanol–water partition coefficient (Wildman–Crippen LogP) is 3.93. The van der Waals surface area contributed by atoms with Crippen molar-refractivity contribution in [1.29, 1.82) is 0 Å². The predicted molar refractivity (Wildman–Crippen MR) is 87.2 cm³/mol. The van der Waals surface area contributed by atoms with Crippen LogP contribution in [-0.4, -0.2) is 12.5 Å². The van der Waals surface area contributed by atoms with Crippen LogP contribution in [0.25, 0.3) is 0 Å². The average Bonchev–Trinajstić information content (AvgIpc) is 2.53. The van der Waals surface area contributed by atoms with Gasteiger partial charge in [0.2, 0.25) is 5.91 Å². The van der Waals surface area contributed by atoms with Gasteiger partial charge in [0.25, 0.3) is 0 Å². The Morgan fingerprint density at radius 2 is 1.62 bits per heavy atom. The molecule has 1 amide bonds. The van der Waals surface area contributed by atoms with Gasteiger partial charge in [-0.05, 0) is 24.0 Å². The summed E-state index contributed by atoms with van der Waals surface area (Å²) in [4.78, 5) is 11.7. The van der Waals surface area contributed by atoms with E-state index in [4.69, 9.17) is 0 Å². The van der Waals surface area contributed by atoms with Gasteiger partial charge in [0.15, 0.2) is 0 Å². The van der Waals surface area contributed by atoms with Crippen LogP contribution >= 0.6 is 0 Å². The van der Waals surface area contributed by atoms with Crippen LogP contribution in [0.2, 0.25) is 0 Å². The van der Waals surface area contributed by atoms with Crippen LogP contribution in [0, 0.1) is 0 Å². The van der Waals surface area contributed by atoms with Gasteiger partial charge >= 0.3 is 0 Å². The minimum Gasteiger partial charge on any atom is -0.355 e. The molecular weight excluding hydrogens is 258 g/mol. The second-order valence-electron chi connectivity index (χ2n) is 5.35. The van der Waals surface area contributed by atoms with Crippen LogP contribution in [0.5, 0.6) is 0 Å². The Bertz CT molecular complexity index is 536. The van der Waals surface area contributed by atoms with Gasteiger partial charge in [-0.15, -0.1) is 0 Å². The Kier molecular flexibility index (Phi) is 6.01. The molecule has 0 bridgehead atoms. The summed E-state index contributed by atoms with van der Waals surface area (Å²) in [5, 5.41) is 3.06. The fourth-order valence-corrected chi connectivity index (χ4v) is 2.48. The highest BCUT2D eigenvalue weighted by molar-refractivity contribution is 5.75. The molecule has 2 nitrogen and oxygen atoms in total. The lowest BCUT2D eigenvalue weighted by atomic mass is 9.92. The lowest BCUT2D eigenvalue weighted by Crippen LogP contribution is -2.28. The maximum absolute atomic E-state index is 11.7. The lowest BCUT2D eigenvalue weighted by molar-refractivity contribution is -0.121. The van der Waals surface area contributed by atoms with Crippen LogP contribution in [0.3, 0.4) is 0 Å². The van der Waals surface area contributed by atoms with Gasteiger partial charge in [0.05, 0.1) is 0 Å². The molecule has 1 unspecified atom stereocenters. The van der Waals surface area contributed by atoms with Crippen LogP contribution in [0.1, 0.15) is 36.8 Å². The number of rotatable bonds is 7. The van der Waals surface area contributed by atoms with E-state index in [1.807, 2.05) is 19.1 Å². The van der Waals surface area contributed by atoms with Crippen LogP contribution in [0.4, 0.5) is 0 Å². The molecule has 0 aliphatic heterocycles. The highest BCUT2D eigenvalue weighted by Crippen LogP contribution is 2.20. The molecule has 21 heavy (non-hydrogen) atoms. The summed E-state index contributed by atoms with van der Waals surface area (Å²) in [5.74, 6) is 0.459. The molecule has 0 saturated carbocycles. The van der Waals surface area contributed by atoms with Crippen molar-refractivity contribution in [3.8, 4) is 0 Å². The largest absolute Gasteiger partial charge is 0.355 e. The summed E-state index contributed by atoms with van der Waals surface area (Å²) in [5.41, 5.74) is 2.58. The molecule has 2 heteroatoms. The zero-order chi connectivity index (χ0) is 14.9. The number of carbonyl (C=O) groups excluding carboxylic acids is 1. The average molecular weight is 281 g/mol. The van der Waals surface area contributed by atoms with E-state index < -0.39 is 0 Å². The third-order valence-electron chi connectivity index (χ3n) is 3.62. The lowest BCUT2D eigenvalue weighted by Gasteiger charge is -2.18. The van der Waals surface area contributed by atoms with Gasteiger partial charge in [-0.2, -0.15) is 0 Å². The summed E-state index contributed by atoms with van der Waals surface area (Å²) in [6, 6.07) is 20.9. The monoisotopic (exact) mass is 281 g/mol. The quantitative estimate of drug-likeness (QED) is 0.818. The minimum absolute atomic E-state index is 0.145. The van der Waals surface area contributed by atoms with E-state index in [2.05, 4.69) is 53.8 Å². The molecule has 2 aromatic carbocycles. The summed E-state index contributed by atoms with van der Waals surface area (Å²) in [6.45, 7) is 2.72. The molecule has 0 heterocycles. The van der Waals surface area contributed by atoms with Gasteiger partial charge in [-0.25, -0.2) is 0 Å². The topological polar surface area (TPSA) is 29.1 Å². The SMILES string of the molecule is CCCC(=O)NCC(Cc1ccccc1)c1ccccc1. The first kappa shape index (κ1) is 15.3. The molecular formula is C19H23NO. The van der Waals surface area contributed by atoms with Gasteiger partial charge < -0.3 is 5.32 Å². The first-order chi connectivity index (χ1) is 10.3. The zero-order valence-corrected chi connectivity index (χ0v) is 12.6. The van der Waals surface area contributed by atoms with Crippen molar-refractivity contribution in [3.63, 3.8) is 0 Å². The van der Waals surface area contributed by atoms with E-state index in [1.54, 1.807) is 0 Å². The number of benzene rings is 2. The highest BCUT2D eigenvalue weighted by Gasteiger charge is 2.13. The van der Waals surface area contributed by atoms with Crippen molar-refractivity contribution in [1.82, 2.24) is 5.32 Å². The van der Waals surface area contributed by atoms with Crippen molar-refractivity contribution in [2.75, 3.05) is 6.54 Å². The Hall–Kier alpha value is -2.09. The van der Waals surface area contributed by atoms with Gasteiger partial charge in [0, 0.05) is 18.9 Å². The molecule has 0 aliphatic rings. The fourth-order valence-electron chi connectivity index (χ4n) is 2.48. The number of hydrogen-bond donors (Lipinski definition) is 1. The standard InChI is InChI=1S/C19H23NO/c1-2-9-19(21)20-15-18(17-12-7-4-8-13-17)14-16-10-5-3-6-11-16/h3-8,10-13,18H,2,9,14-15H2,1H3,(H,20,21). The van der Waals surface area contributed by atoms with Gasteiger partial charge in [-0.3, -0.25) is 4.79 Å². The van der Waals surface area contributed by atoms with Crippen molar-refractivity contribution in [3.05, 3.63) is 71.8 Å².